The van der Waals surface area contributed by atoms with Gasteiger partial charge in [-0.25, -0.2) is 10.4 Å². The van der Waals surface area contributed by atoms with Crippen LogP contribution in [0.3, 0.4) is 0 Å². The molecule has 6 heteroatoms. The van der Waals surface area contributed by atoms with Gasteiger partial charge in [-0.05, 0) is 33.4 Å². The monoisotopic (exact) mass is 313 g/mol. The Kier molecular flexibility index (Phi) is 4.11. The van der Waals surface area contributed by atoms with Crippen LogP contribution in [-0.4, -0.2) is 12.1 Å². The number of methoxy groups -OCH3 is 1. The molecule has 1 atom stereocenters. The Hall–Kier alpha value is -0.950. The lowest BCUT2D eigenvalue weighted by atomic mass is 10.1. The van der Waals surface area contributed by atoms with Crippen molar-refractivity contribution in [3.05, 3.63) is 44.7 Å². The summed E-state index contributed by atoms with van der Waals surface area (Å²) in [5.74, 6) is 6.22. The molecule has 17 heavy (non-hydrogen) atoms. The van der Waals surface area contributed by atoms with Crippen LogP contribution in [0.4, 0.5) is 0 Å². The number of nitrogens with two attached hydrogens (primary N) is 1. The second-order valence-electron chi connectivity index (χ2n) is 3.33. The highest BCUT2D eigenvalue weighted by Crippen LogP contribution is 2.35. The van der Waals surface area contributed by atoms with Crippen molar-refractivity contribution in [2.75, 3.05) is 7.11 Å². The fraction of sp³-hybridized carbons (Fsp3) is 0.182. The lowest BCUT2D eigenvalue weighted by molar-refractivity contribution is 0.387. The van der Waals surface area contributed by atoms with Gasteiger partial charge < -0.3 is 4.74 Å². The standard InChI is InChI=1S/C11H12BrN3OS/c1-16-11-7(3-2-5-14-11)9(15-13)10-8(12)4-6-17-10/h2-6,9,15H,13H2,1H3. The molecule has 0 saturated heterocycles. The summed E-state index contributed by atoms with van der Waals surface area (Å²) in [6.07, 6.45) is 1.69. The van der Waals surface area contributed by atoms with E-state index < -0.39 is 0 Å². The fourth-order valence-corrected chi connectivity index (χ4v) is 3.29. The van der Waals surface area contributed by atoms with E-state index in [0.717, 1.165) is 14.9 Å². The highest BCUT2D eigenvalue weighted by atomic mass is 79.9. The van der Waals surface area contributed by atoms with Crippen molar-refractivity contribution < 1.29 is 4.74 Å². The first-order valence-corrected chi connectivity index (χ1v) is 6.63. The van der Waals surface area contributed by atoms with E-state index in [-0.39, 0.29) is 6.04 Å². The number of hydrogen-bond acceptors (Lipinski definition) is 5. The largest absolute Gasteiger partial charge is 0.481 e. The van der Waals surface area contributed by atoms with Gasteiger partial charge in [0.05, 0.1) is 13.2 Å². The van der Waals surface area contributed by atoms with E-state index >= 15 is 0 Å². The second kappa shape index (κ2) is 5.59. The number of halogens is 1. The molecule has 0 aliphatic heterocycles. The molecule has 0 aliphatic rings. The number of aromatic nitrogens is 1. The maximum absolute atomic E-state index is 5.64. The number of thiophene rings is 1. The van der Waals surface area contributed by atoms with Crippen molar-refractivity contribution in [3.8, 4) is 5.88 Å². The first kappa shape index (κ1) is 12.5. The summed E-state index contributed by atoms with van der Waals surface area (Å²) in [7, 11) is 1.60. The quantitative estimate of drug-likeness (QED) is 0.672. The van der Waals surface area contributed by atoms with Gasteiger partial charge in [-0.3, -0.25) is 5.84 Å². The van der Waals surface area contributed by atoms with Crippen LogP contribution in [0.1, 0.15) is 16.5 Å². The van der Waals surface area contributed by atoms with Gasteiger partial charge in [0.1, 0.15) is 0 Å². The Morgan fingerprint density at radius 2 is 2.35 bits per heavy atom. The lowest BCUT2D eigenvalue weighted by Gasteiger charge is -2.17. The normalized spacial score (nSPS) is 12.4. The first-order chi connectivity index (χ1) is 8.27. The predicted octanol–water partition coefficient (Wildman–Crippen LogP) is 2.47. The molecular formula is C11H12BrN3OS. The van der Waals surface area contributed by atoms with Crippen molar-refractivity contribution >= 4 is 27.3 Å². The number of hydrazine groups is 1. The minimum Gasteiger partial charge on any atom is -0.481 e. The lowest BCUT2D eigenvalue weighted by Crippen LogP contribution is -2.28. The van der Waals surface area contributed by atoms with Gasteiger partial charge in [0.25, 0.3) is 0 Å². The molecule has 0 fully saturated rings. The Labute approximate surface area is 112 Å². The van der Waals surface area contributed by atoms with Gasteiger partial charge in [-0.2, -0.15) is 0 Å². The molecule has 0 aromatic carbocycles. The number of ether oxygens (including phenoxy) is 1. The molecule has 3 N–H and O–H groups in total. The molecule has 2 aromatic heterocycles. The Morgan fingerprint density at radius 1 is 1.53 bits per heavy atom. The Bertz CT molecular complexity index is 503. The zero-order valence-electron chi connectivity index (χ0n) is 9.18. The fourth-order valence-electron chi connectivity index (χ4n) is 1.61. The third-order valence-electron chi connectivity index (χ3n) is 2.38. The van der Waals surface area contributed by atoms with Crippen molar-refractivity contribution in [2.24, 2.45) is 5.84 Å². The Balaban J connectivity index is 2.46. The van der Waals surface area contributed by atoms with Crippen LogP contribution in [0, 0.1) is 0 Å². The van der Waals surface area contributed by atoms with Crippen LogP contribution >= 0.6 is 27.3 Å². The van der Waals surface area contributed by atoms with Gasteiger partial charge in [0.15, 0.2) is 0 Å². The average molecular weight is 314 g/mol. The summed E-state index contributed by atoms with van der Waals surface area (Å²) in [4.78, 5) is 5.27. The zero-order chi connectivity index (χ0) is 12.3. The summed E-state index contributed by atoms with van der Waals surface area (Å²) in [6.45, 7) is 0. The van der Waals surface area contributed by atoms with Crippen LogP contribution < -0.4 is 16.0 Å². The molecule has 0 aliphatic carbocycles. The van der Waals surface area contributed by atoms with E-state index in [1.807, 2.05) is 23.6 Å². The predicted molar refractivity (Wildman–Crippen MR) is 72.0 cm³/mol. The van der Waals surface area contributed by atoms with Crippen LogP contribution in [0.25, 0.3) is 0 Å². The van der Waals surface area contributed by atoms with Crippen LogP contribution in [-0.2, 0) is 0 Å². The number of nitrogens with one attached hydrogen (secondary N) is 1. The van der Waals surface area contributed by atoms with Gasteiger partial charge in [-0.1, -0.05) is 6.07 Å². The smallest absolute Gasteiger partial charge is 0.218 e. The molecule has 2 rings (SSSR count). The minimum atomic E-state index is -0.131. The maximum Gasteiger partial charge on any atom is 0.218 e. The van der Waals surface area contributed by atoms with Gasteiger partial charge in [0, 0.05) is 21.1 Å². The molecule has 0 bridgehead atoms. The summed E-state index contributed by atoms with van der Waals surface area (Å²) in [5.41, 5.74) is 3.71. The zero-order valence-corrected chi connectivity index (χ0v) is 11.6. The highest BCUT2D eigenvalue weighted by molar-refractivity contribution is 9.10. The number of pyridine rings is 1. The average Bonchev–Trinajstić information content (AvgIpc) is 2.78. The molecule has 0 amide bonds. The molecule has 0 saturated carbocycles. The van der Waals surface area contributed by atoms with E-state index in [9.17, 15) is 0 Å². The van der Waals surface area contributed by atoms with Gasteiger partial charge in [-0.15, -0.1) is 11.3 Å². The summed E-state index contributed by atoms with van der Waals surface area (Å²) in [5, 5.41) is 2.01. The van der Waals surface area contributed by atoms with E-state index in [2.05, 4.69) is 26.3 Å². The van der Waals surface area contributed by atoms with Crippen molar-refractivity contribution in [1.29, 1.82) is 0 Å². The number of hydrogen-bond donors (Lipinski definition) is 2. The molecule has 0 spiro atoms. The maximum atomic E-state index is 5.64. The molecule has 1 unspecified atom stereocenters. The van der Waals surface area contributed by atoms with Crippen molar-refractivity contribution in [3.63, 3.8) is 0 Å². The summed E-state index contributed by atoms with van der Waals surface area (Å²) in [6, 6.07) is 5.67. The van der Waals surface area contributed by atoms with E-state index in [0.29, 0.717) is 5.88 Å². The van der Waals surface area contributed by atoms with Crippen molar-refractivity contribution in [2.45, 2.75) is 6.04 Å². The highest BCUT2D eigenvalue weighted by Gasteiger charge is 2.20. The third kappa shape index (κ3) is 2.50. The second-order valence-corrected chi connectivity index (χ2v) is 5.14. The number of rotatable bonds is 4. The molecule has 2 heterocycles. The van der Waals surface area contributed by atoms with Gasteiger partial charge in [0.2, 0.25) is 5.88 Å². The first-order valence-electron chi connectivity index (χ1n) is 4.96. The molecular weight excluding hydrogens is 302 g/mol. The van der Waals surface area contributed by atoms with E-state index in [1.54, 1.807) is 24.6 Å². The van der Waals surface area contributed by atoms with Crippen LogP contribution in [0.5, 0.6) is 5.88 Å². The van der Waals surface area contributed by atoms with Crippen LogP contribution in [0.15, 0.2) is 34.2 Å². The third-order valence-corrected chi connectivity index (χ3v) is 4.31. The van der Waals surface area contributed by atoms with E-state index in [1.165, 1.54) is 0 Å². The minimum absolute atomic E-state index is 0.131. The Morgan fingerprint density at radius 3 is 2.94 bits per heavy atom. The summed E-state index contributed by atoms with van der Waals surface area (Å²) >= 11 is 5.13. The SMILES string of the molecule is COc1ncccc1C(NN)c1sccc1Br. The van der Waals surface area contributed by atoms with Crippen molar-refractivity contribution in [1.82, 2.24) is 10.4 Å². The van der Waals surface area contributed by atoms with E-state index in [4.69, 9.17) is 10.6 Å². The molecule has 4 nitrogen and oxygen atoms in total. The van der Waals surface area contributed by atoms with Crippen LogP contribution in [0.2, 0.25) is 0 Å². The summed E-state index contributed by atoms with van der Waals surface area (Å²) < 4.78 is 6.27. The number of nitrogens with zero attached hydrogens (tertiary/aromatic N) is 1. The topological polar surface area (TPSA) is 60.2 Å². The van der Waals surface area contributed by atoms with Gasteiger partial charge >= 0.3 is 0 Å². The molecule has 90 valence electrons. The molecule has 2 aromatic rings. The molecule has 0 radical (unpaired) electrons.